The van der Waals surface area contributed by atoms with Crippen molar-refractivity contribution in [2.24, 2.45) is 0 Å². The quantitative estimate of drug-likeness (QED) is 0.493. The Labute approximate surface area is 81.2 Å². The van der Waals surface area contributed by atoms with Gasteiger partial charge in [0.05, 0.1) is 0 Å². The summed E-state index contributed by atoms with van der Waals surface area (Å²) in [6.07, 6.45) is 7.08. The molecule has 0 amide bonds. The summed E-state index contributed by atoms with van der Waals surface area (Å²) in [5, 5.41) is 0. The molecule has 0 spiro atoms. The summed E-state index contributed by atoms with van der Waals surface area (Å²) in [7, 11) is 0. The molecule has 3 nitrogen and oxygen atoms in total. The van der Waals surface area contributed by atoms with Crippen LogP contribution in [0.5, 0.6) is 0 Å². The van der Waals surface area contributed by atoms with Crippen LogP contribution in [0.15, 0.2) is 0 Å². The van der Waals surface area contributed by atoms with E-state index in [-0.39, 0.29) is 0 Å². The van der Waals surface area contributed by atoms with Gasteiger partial charge in [-0.2, -0.15) is 0 Å². The van der Waals surface area contributed by atoms with Gasteiger partial charge in [0.2, 0.25) is 0 Å². The van der Waals surface area contributed by atoms with Crippen molar-refractivity contribution in [1.82, 2.24) is 0 Å². The molecule has 0 radical (unpaired) electrons. The molecule has 0 rings (SSSR count). The van der Waals surface area contributed by atoms with Gasteiger partial charge in [0.25, 0.3) is 0 Å². The van der Waals surface area contributed by atoms with Crippen molar-refractivity contribution in [3.8, 4) is 0 Å². The van der Waals surface area contributed by atoms with Gasteiger partial charge >= 0.3 is 81.0 Å². The molecule has 0 saturated carbocycles. The van der Waals surface area contributed by atoms with Crippen LogP contribution in [-0.2, 0) is 25.3 Å². The van der Waals surface area contributed by atoms with Crippen molar-refractivity contribution in [3.63, 3.8) is 0 Å². The zero-order chi connectivity index (χ0) is 9.23. The standard InChI is InChI=1S/C8H17O.H2O.O.Ti/c1-2-3-4-5-6-7-8-9;;;/h2-8H2,1H3;1H2;;/q-1;;;+2/p-1. The first-order valence-electron chi connectivity index (χ1n) is 4.63. The van der Waals surface area contributed by atoms with Crippen molar-refractivity contribution in [2.45, 2.75) is 45.4 Å². The molecule has 12 heavy (non-hydrogen) atoms. The Morgan fingerprint density at radius 1 is 1.17 bits per heavy atom. The van der Waals surface area contributed by atoms with Crippen molar-refractivity contribution >= 4 is 0 Å². The summed E-state index contributed by atoms with van der Waals surface area (Å²) < 4.78 is 23.2. The van der Waals surface area contributed by atoms with E-state index in [1.165, 1.54) is 25.7 Å². The SMILES string of the molecule is CCCCCCCC[O][Ti](=[O])[OH]. The third-order valence-electron chi connectivity index (χ3n) is 1.72. The van der Waals surface area contributed by atoms with Crippen molar-refractivity contribution in [3.05, 3.63) is 0 Å². The van der Waals surface area contributed by atoms with Crippen LogP contribution in [0.1, 0.15) is 45.4 Å². The molecule has 0 aliphatic heterocycles. The zero-order valence-corrected chi connectivity index (χ0v) is 9.28. The number of hydrogen-bond donors (Lipinski definition) is 1. The molecule has 1 N–H and O–H groups in total. The monoisotopic (exact) mass is 210 g/mol. The summed E-state index contributed by atoms with van der Waals surface area (Å²) in [6, 6.07) is 0. The van der Waals surface area contributed by atoms with Gasteiger partial charge in [0.15, 0.2) is 0 Å². The van der Waals surface area contributed by atoms with Crippen LogP contribution in [0.2, 0.25) is 0 Å². The van der Waals surface area contributed by atoms with E-state index in [4.69, 9.17) is 3.69 Å². The predicted molar refractivity (Wildman–Crippen MR) is 42.2 cm³/mol. The molecule has 0 heterocycles. The van der Waals surface area contributed by atoms with E-state index < -0.39 is 18.6 Å². The van der Waals surface area contributed by atoms with Crippen LogP contribution in [0, 0.1) is 0 Å². The fraction of sp³-hybridized carbons (Fsp3) is 1.00. The number of unbranched alkanes of at least 4 members (excludes halogenated alkanes) is 5. The van der Waals surface area contributed by atoms with Crippen LogP contribution < -0.4 is 0 Å². The summed E-state index contributed by atoms with van der Waals surface area (Å²) in [4.78, 5) is 0. The first-order chi connectivity index (χ1) is 5.77. The molecule has 0 saturated heterocycles. The second-order valence-corrected chi connectivity index (χ2v) is 4.16. The van der Waals surface area contributed by atoms with Gasteiger partial charge in [-0.25, -0.2) is 0 Å². The Kier molecular flexibility index (Phi) is 9.87. The van der Waals surface area contributed by atoms with Gasteiger partial charge in [0.1, 0.15) is 0 Å². The van der Waals surface area contributed by atoms with Crippen molar-refractivity contribution < 1.29 is 28.9 Å². The maximum absolute atomic E-state index is 10.2. The molecule has 0 aromatic rings. The molecule has 0 aromatic heterocycles. The summed E-state index contributed by atoms with van der Waals surface area (Å²) >= 11 is -3.21. The Bertz CT molecular complexity index is 117. The normalized spacial score (nSPS) is 10.2. The van der Waals surface area contributed by atoms with E-state index >= 15 is 0 Å². The van der Waals surface area contributed by atoms with Gasteiger partial charge < -0.3 is 0 Å². The van der Waals surface area contributed by atoms with Gasteiger partial charge in [-0.05, 0) is 0 Å². The predicted octanol–water partition coefficient (Wildman–Crippen LogP) is 2.15. The third-order valence-corrected chi connectivity index (χ3v) is 2.43. The number of hydrogen-bond acceptors (Lipinski definition) is 2. The molecule has 72 valence electrons. The van der Waals surface area contributed by atoms with E-state index in [1.807, 2.05) is 0 Å². The second kappa shape index (κ2) is 9.52. The Morgan fingerprint density at radius 3 is 2.33 bits per heavy atom. The molecule has 0 aromatic carbocycles. The molecule has 0 bridgehead atoms. The van der Waals surface area contributed by atoms with Crippen LogP contribution in [0.3, 0.4) is 0 Å². The molecule has 0 atom stereocenters. The minimum atomic E-state index is -3.21. The molecule has 4 heteroatoms. The maximum atomic E-state index is 10.2. The first-order valence-corrected chi connectivity index (χ1v) is 6.60. The minimum absolute atomic E-state index is 0.460. The van der Waals surface area contributed by atoms with Crippen molar-refractivity contribution in [2.75, 3.05) is 6.61 Å². The van der Waals surface area contributed by atoms with Gasteiger partial charge in [-0.1, -0.05) is 0 Å². The summed E-state index contributed by atoms with van der Waals surface area (Å²) in [6.45, 7) is 2.64. The fourth-order valence-corrected chi connectivity index (χ4v) is 1.54. The van der Waals surface area contributed by atoms with Gasteiger partial charge in [0, 0.05) is 0 Å². The summed E-state index contributed by atoms with van der Waals surface area (Å²) in [5.41, 5.74) is 0. The molecule has 0 fully saturated rings. The number of rotatable bonds is 8. The molecule has 0 aliphatic carbocycles. The Balaban J connectivity index is 2.86. The molecular formula is C8H18O3Ti. The average Bonchev–Trinajstić information content (AvgIpc) is 2.02. The summed E-state index contributed by atoms with van der Waals surface area (Å²) in [5.74, 6) is 0. The molecular weight excluding hydrogens is 192 g/mol. The van der Waals surface area contributed by atoms with Crippen molar-refractivity contribution in [1.29, 1.82) is 0 Å². The molecule has 0 aliphatic rings. The molecule has 0 unspecified atom stereocenters. The average molecular weight is 210 g/mol. The van der Waals surface area contributed by atoms with E-state index in [2.05, 4.69) is 10.2 Å². The van der Waals surface area contributed by atoms with Crippen LogP contribution in [0.4, 0.5) is 0 Å². The van der Waals surface area contributed by atoms with E-state index in [1.54, 1.807) is 0 Å². The van der Waals surface area contributed by atoms with Crippen LogP contribution >= 0.6 is 0 Å². The van der Waals surface area contributed by atoms with Crippen LogP contribution in [0.25, 0.3) is 0 Å². The fourth-order valence-electron chi connectivity index (χ4n) is 1.04. The first kappa shape index (κ1) is 12.4. The Hall–Kier alpha value is 0.434. The third kappa shape index (κ3) is 10.4. The topological polar surface area (TPSA) is 46.5 Å². The van der Waals surface area contributed by atoms with E-state index in [0.717, 1.165) is 12.8 Å². The van der Waals surface area contributed by atoms with E-state index in [9.17, 15) is 3.32 Å². The second-order valence-electron chi connectivity index (χ2n) is 2.88. The van der Waals surface area contributed by atoms with Gasteiger partial charge in [-0.15, -0.1) is 0 Å². The Morgan fingerprint density at radius 2 is 1.75 bits per heavy atom. The van der Waals surface area contributed by atoms with Gasteiger partial charge in [-0.3, -0.25) is 0 Å². The van der Waals surface area contributed by atoms with E-state index in [0.29, 0.717) is 6.61 Å². The zero-order valence-electron chi connectivity index (χ0n) is 7.71. The van der Waals surface area contributed by atoms with Crippen LogP contribution in [-0.4, -0.2) is 10.3 Å².